The van der Waals surface area contributed by atoms with Crippen LogP contribution in [0.4, 0.5) is 0 Å². The molecule has 254 valence electrons. The lowest BCUT2D eigenvalue weighted by atomic mass is 9.99. The van der Waals surface area contributed by atoms with E-state index >= 15 is 0 Å². The van der Waals surface area contributed by atoms with Gasteiger partial charge in [-0.05, 0) is 57.3 Å². The van der Waals surface area contributed by atoms with Crippen LogP contribution in [0.15, 0.2) is 48.6 Å². The maximum absolute atomic E-state index is 12.1. The Labute approximate surface area is 270 Å². The molecule has 0 aliphatic carbocycles. The molecule has 44 heavy (non-hydrogen) atoms. The number of esters is 2. The average Bonchev–Trinajstić information content (AvgIpc) is 3.01. The Morgan fingerprint density at radius 3 is 1.82 bits per heavy atom. The number of rotatable bonds is 30. The number of hydrogen-bond donors (Lipinski definition) is 2. The van der Waals surface area contributed by atoms with Crippen LogP contribution in [0.3, 0.4) is 0 Å². The second-order valence-corrected chi connectivity index (χ2v) is 12.0. The van der Waals surface area contributed by atoms with Gasteiger partial charge >= 0.3 is 11.9 Å². The van der Waals surface area contributed by atoms with E-state index in [1.54, 1.807) is 0 Å². The van der Waals surface area contributed by atoms with Gasteiger partial charge in [-0.1, -0.05) is 134 Å². The van der Waals surface area contributed by atoms with Crippen LogP contribution in [0.1, 0.15) is 149 Å². The minimum absolute atomic E-state index is 0.106. The van der Waals surface area contributed by atoms with Gasteiger partial charge in [0.15, 0.2) is 6.10 Å². The summed E-state index contributed by atoms with van der Waals surface area (Å²) in [6.07, 6.45) is 35.2. The Morgan fingerprint density at radius 2 is 1.23 bits per heavy atom. The smallest absolute Gasteiger partial charge is 0.306 e. The van der Waals surface area contributed by atoms with Crippen LogP contribution in [0.2, 0.25) is 0 Å². The molecule has 2 unspecified atom stereocenters. The summed E-state index contributed by atoms with van der Waals surface area (Å²) in [4.78, 5) is 24.1. The molecule has 0 bridgehead atoms. The summed E-state index contributed by atoms with van der Waals surface area (Å²) in [7, 11) is 0. The zero-order chi connectivity index (χ0) is 32.5. The second kappa shape index (κ2) is 32.2. The molecule has 0 heterocycles. The predicted octanol–water partition coefficient (Wildman–Crippen LogP) is 9.50. The number of carbonyl (C=O) groups is 2. The van der Waals surface area contributed by atoms with Gasteiger partial charge in [0.25, 0.3) is 0 Å². The highest BCUT2D eigenvalue weighted by molar-refractivity contribution is 5.70. The molecule has 2 N–H and O–H groups in total. The predicted molar refractivity (Wildman–Crippen MR) is 183 cm³/mol. The highest BCUT2D eigenvalue weighted by Crippen LogP contribution is 2.15. The lowest BCUT2D eigenvalue weighted by molar-refractivity contribution is -0.161. The minimum atomic E-state index is -0.801. The molecule has 0 aromatic carbocycles. The molecule has 0 aliphatic rings. The third-order valence-corrected chi connectivity index (χ3v) is 7.72. The van der Waals surface area contributed by atoms with Gasteiger partial charge in [-0.15, -0.1) is 0 Å². The van der Waals surface area contributed by atoms with Crippen molar-refractivity contribution in [2.24, 2.45) is 5.92 Å². The highest BCUT2D eigenvalue weighted by Gasteiger charge is 2.16. The van der Waals surface area contributed by atoms with Crippen molar-refractivity contribution in [2.75, 3.05) is 13.2 Å². The molecule has 0 fully saturated rings. The van der Waals surface area contributed by atoms with Crippen molar-refractivity contribution in [3.63, 3.8) is 0 Å². The summed E-state index contributed by atoms with van der Waals surface area (Å²) in [6, 6.07) is 0. The van der Waals surface area contributed by atoms with Crippen molar-refractivity contribution in [3.05, 3.63) is 48.6 Å². The summed E-state index contributed by atoms with van der Waals surface area (Å²) in [6.45, 7) is 6.20. The van der Waals surface area contributed by atoms with Crippen LogP contribution in [-0.2, 0) is 19.1 Å². The van der Waals surface area contributed by atoms with Gasteiger partial charge in [0.1, 0.15) is 6.61 Å². The third kappa shape index (κ3) is 29.9. The number of unbranched alkanes of at least 4 members (excludes halogenated alkanes) is 8. The first-order valence-corrected chi connectivity index (χ1v) is 17.7. The number of hydrogen-bond acceptors (Lipinski definition) is 6. The van der Waals surface area contributed by atoms with E-state index < -0.39 is 6.10 Å². The Hall–Kier alpha value is -2.18. The molecular formula is C38H66O6. The van der Waals surface area contributed by atoms with Crippen LogP contribution >= 0.6 is 0 Å². The SMILES string of the molecule is CCCC(O)C/C=C\C/C=C\C/C=C\C/C=C\CCCC(=O)OC[C@H](CO)OC(=O)CCCCCCCCCCC(C)CC. The molecule has 6 nitrogen and oxygen atoms in total. The van der Waals surface area contributed by atoms with E-state index in [4.69, 9.17) is 9.47 Å². The topological polar surface area (TPSA) is 93.1 Å². The fourth-order valence-corrected chi connectivity index (χ4v) is 4.65. The molecule has 3 atom stereocenters. The Balaban J connectivity index is 3.74. The monoisotopic (exact) mass is 618 g/mol. The van der Waals surface area contributed by atoms with Gasteiger partial charge in [0, 0.05) is 12.8 Å². The molecular weight excluding hydrogens is 552 g/mol. The zero-order valence-corrected chi connectivity index (χ0v) is 28.4. The summed E-state index contributed by atoms with van der Waals surface area (Å²) in [5.74, 6) is 0.165. The first-order valence-electron chi connectivity index (χ1n) is 17.7. The fourth-order valence-electron chi connectivity index (χ4n) is 4.65. The van der Waals surface area contributed by atoms with Crippen LogP contribution in [0.25, 0.3) is 0 Å². The molecule has 0 aromatic heterocycles. The standard InChI is InChI=1S/C38H66O6/c1-4-27-35(40)29-24-20-16-11-9-7-6-8-10-12-17-21-25-30-37(41)43-33-36(32-39)44-38(42)31-26-22-18-14-13-15-19-23-28-34(3)5-2/h6,8-9,11-12,17,20,24,34-36,39-40H,4-5,7,10,13-16,18-19,21-23,25-33H2,1-3H3/b8-6-,11-9-,17-12-,24-20-/t34?,35?,36-/m0/s1. The van der Waals surface area contributed by atoms with Gasteiger partial charge in [0.05, 0.1) is 12.7 Å². The van der Waals surface area contributed by atoms with E-state index in [9.17, 15) is 19.8 Å². The zero-order valence-electron chi connectivity index (χ0n) is 28.4. The van der Waals surface area contributed by atoms with Crippen molar-refractivity contribution in [1.82, 2.24) is 0 Å². The molecule has 0 saturated heterocycles. The van der Waals surface area contributed by atoms with Gasteiger partial charge in [-0.25, -0.2) is 0 Å². The highest BCUT2D eigenvalue weighted by atomic mass is 16.6. The first-order chi connectivity index (χ1) is 21.4. The van der Waals surface area contributed by atoms with Gasteiger partial charge < -0.3 is 19.7 Å². The Morgan fingerprint density at radius 1 is 0.682 bits per heavy atom. The molecule has 0 radical (unpaired) electrons. The van der Waals surface area contributed by atoms with Crippen molar-refractivity contribution in [2.45, 2.75) is 161 Å². The number of allylic oxidation sites excluding steroid dienone is 7. The fraction of sp³-hybridized carbons (Fsp3) is 0.737. The Kier molecular flexibility index (Phi) is 30.6. The second-order valence-electron chi connectivity index (χ2n) is 12.0. The first kappa shape index (κ1) is 41.8. The van der Waals surface area contributed by atoms with Crippen molar-refractivity contribution < 1.29 is 29.3 Å². The summed E-state index contributed by atoms with van der Waals surface area (Å²) in [5, 5.41) is 19.2. The van der Waals surface area contributed by atoms with E-state index in [2.05, 4.69) is 69.4 Å². The van der Waals surface area contributed by atoms with E-state index in [-0.39, 0.29) is 31.3 Å². The van der Waals surface area contributed by atoms with Crippen LogP contribution in [-0.4, -0.2) is 47.6 Å². The molecule has 0 spiro atoms. The Bertz CT molecular complexity index is 784. The van der Waals surface area contributed by atoms with E-state index in [1.165, 1.54) is 44.9 Å². The molecule has 0 aromatic rings. The number of carbonyl (C=O) groups excluding carboxylic acids is 2. The quantitative estimate of drug-likeness (QED) is 0.0473. The van der Waals surface area contributed by atoms with Crippen molar-refractivity contribution >= 4 is 11.9 Å². The van der Waals surface area contributed by atoms with E-state index in [0.717, 1.165) is 70.1 Å². The maximum atomic E-state index is 12.1. The number of aliphatic hydroxyl groups excluding tert-OH is 2. The van der Waals surface area contributed by atoms with Gasteiger partial charge in [-0.2, -0.15) is 0 Å². The summed E-state index contributed by atoms with van der Waals surface area (Å²) >= 11 is 0. The molecule has 6 heteroatoms. The van der Waals surface area contributed by atoms with Crippen LogP contribution in [0.5, 0.6) is 0 Å². The normalized spacial score (nSPS) is 14.2. The molecule has 0 amide bonds. The van der Waals surface area contributed by atoms with E-state index in [1.807, 2.05) is 0 Å². The summed E-state index contributed by atoms with van der Waals surface area (Å²) in [5.41, 5.74) is 0. The average molecular weight is 619 g/mol. The molecule has 0 saturated carbocycles. The maximum Gasteiger partial charge on any atom is 0.306 e. The molecule has 0 aliphatic heterocycles. The van der Waals surface area contributed by atoms with Crippen LogP contribution < -0.4 is 0 Å². The van der Waals surface area contributed by atoms with Crippen molar-refractivity contribution in [1.29, 1.82) is 0 Å². The lowest BCUT2D eigenvalue weighted by Crippen LogP contribution is -2.28. The van der Waals surface area contributed by atoms with Gasteiger partial charge in [-0.3, -0.25) is 9.59 Å². The van der Waals surface area contributed by atoms with Crippen LogP contribution in [0, 0.1) is 5.92 Å². The van der Waals surface area contributed by atoms with E-state index in [0.29, 0.717) is 19.3 Å². The largest absolute Gasteiger partial charge is 0.462 e. The number of aliphatic hydroxyl groups is 2. The van der Waals surface area contributed by atoms with Crippen molar-refractivity contribution in [3.8, 4) is 0 Å². The van der Waals surface area contributed by atoms with Gasteiger partial charge in [0.2, 0.25) is 0 Å². The summed E-state index contributed by atoms with van der Waals surface area (Å²) < 4.78 is 10.5. The third-order valence-electron chi connectivity index (χ3n) is 7.72. The molecule has 0 rings (SSSR count). The lowest BCUT2D eigenvalue weighted by Gasteiger charge is -2.15. The minimum Gasteiger partial charge on any atom is -0.462 e. The number of ether oxygens (including phenoxy) is 2.